The largest absolute Gasteiger partial charge is 0.480 e. The highest BCUT2D eigenvalue weighted by Crippen LogP contribution is 2.36. The topological polar surface area (TPSA) is 72.6 Å². The van der Waals surface area contributed by atoms with Crippen molar-refractivity contribution in [2.45, 2.75) is 6.92 Å². The Morgan fingerprint density at radius 1 is 1.33 bits per heavy atom. The molecule has 1 N–H and O–H groups in total. The van der Waals surface area contributed by atoms with Crippen molar-refractivity contribution >= 4 is 16.9 Å². The monoisotopic (exact) mass is 283 g/mol. The summed E-state index contributed by atoms with van der Waals surface area (Å²) in [6, 6.07) is 8.73. The Bertz CT molecular complexity index is 835. The van der Waals surface area contributed by atoms with Gasteiger partial charge in [0.15, 0.2) is 5.76 Å². The van der Waals surface area contributed by atoms with Crippen LogP contribution in [0.5, 0.6) is 5.95 Å². The molecule has 21 heavy (non-hydrogen) atoms. The lowest BCUT2D eigenvalue weighted by Gasteiger charge is -2.05. The molecule has 1 aromatic carbocycles. The average Bonchev–Trinajstić information content (AvgIpc) is 2.85. The van der Waals surface area contributed by atoms with Gasteiger partial charge in [-0.05, 0) is 30.7 Å². The van der Waals surface area contributed by atoms with E-state index in [-0.39, 0.29) is 5.95 Å². The lowest BCUT2D eigenvalue weighted by molar-refractivity contribution is 0.0600. The van der Waals surface area contributed by atoms with Crippen molar-refractivity contribution < 1.29 is 19.1 Å². The molecule has 3 rings (SSSR count). The molecule has 0 radical (unpaired) electrons. The van der Waals surface area contributed by atoms with E-state index >= 15 is 0 Å². The highest BCUT2D eigenvalue weighted by Gasteiger charge is 2.17. The van der Waals surface area contributed by atoms with Crippen molar-refractivity contribution in [3.63, 3.8) is 0 Å². The highest BCUT2D eigenvalue weighted by molar-refractivity contribution is 5.97. The number of rotatable bonds is 2. The zero-order valence-electron chi connectivity index (χ0n) is 11.6. The standard InChI is InChI=1S/C16H13NO4/c1-9-5-6-10(8-12(9)15(18)20-2)14-13-11(16(19)21-14)4-3-7-17-13/h3-8,19H,1-2H3. The fourth-order valence-electron chi connectivity index (χ4n) is 2.25. The van der Waals surface area contributed by atoms with Crippen LogP contribution in [0.25, 0.3) is 22.2 Å². The molecule has 0 aliphatic carbocycles. The van der Waals surface area contributed by atoms with Crippen molar-refractivity contribution in [1.82, 2.24) is 4.98 Å². The van der Waals surface area contributed by atoms with E-state index in [4.69, 9.17) is 9.15 Å². The predicted octanol–water partition coefficient (Wildman–Crippen LogP) is 3.30. The zero-order valence-corrected chi connectivity index (χ0v) is 11.6. The van der Waals surface area contributed by atoms with Crippen molar-refractivity contribution in [2.75, 3.05) is 7.11 Å². The van der Waals surface area contributed by atoms with E-state index in [1.165, 1.54) is 7.11 Å². The summed E-state index contributed by atoms with van der Waals surface area (Å²) < 4.78 is 10.2. The van der Waals surface area contributed by atoms with Gasteiger partial charge in [0.05, 0.1) is 18.1 Å². The normalized spacial score (nSPS) is 10.8. The molecule has 3 aromatic rings. The number of carbonyl (C=O) groups is 1. The Labute approximate surface area is 120 Å². The second kappa shape index (κ2) is 4.94. The number of fused-ring (bicyclic) bond motifs is 1. The third kappa shape index (κ3) is 2.12. The fraction of sp³-hybridized carbons (Fsp3) is 0.125. The molecule has 0 spiro atoms. The lowest BCUT2D eigenvalue weighted by Crippen LogP contribution is -2.03. The summed E-state index contributed by atoms with van der Waals surface area (Å²) in [5.41, 5.74) is 2.47. The maximum atomic E-state index is 11.8. The number of nitrogens with zero attached hydrogens (tertiary/aromatic N) is 1. The maximum absolute atomic E-state index is 11.8. The van der Waals surface area contributed by atoms with Gasteiger partial charge in [0.25, 0.3) is 5.95 Å². The molecule has 0 saturated heterocycles. The second-order valence-electron chi connectivity index (χ2n) is 4.66. The summed E-state index contributed by atoms with van der Waals surface area (Å²) in [6.45, 7) is 1.83. The Hall–Kier alpha value is -2.82. The zero-order chi connectivity index (χ0) is 15.0. The molecular formula is C16H13NO4. The lowest BCUT2D eigenvalue weighted by atomic mass is 10.0. The van der Waals surface area contributed by atoms with E-state index in [2.05, 4.69) is 4.98 Å². The molecule has 5 nitrogen and oxygen atoms in total. The van der Waals surface area contributed by atoms with E-state index in [9.17, 15) is 9.90 Å². The number of aromatic hydroxyl groups is 1. The van der Waals surface area contributed by atoms with Crippen LogP contribution in [-0.4, -0.2) is 23.2 Å². The van der Waals surface area contributed by atoms with Crippen molar-refractivity contribution in [2.24, 2.45) is 0 Å². The van der Waals surface area contributed by atoms with Crippen LogP contribution in [0.1, 0.15) is 15.9 Å². The molecule has 0 bridgehead atoms. The van der Waals surface area contributed by atoms with E-state index in [1.807, 2.05) is 13.0 Å². The van der Waals surface area contributed by atoms with Gasteiger partial charge in [0.1, 0.15) is 5.52 Å². The highest BCUT2D eigenvalue weighted by atomic mass is 16.5. The smallest absolute Gasteiger partial charge is 0.338 e. The van der Waals surface area contributed by atoms with Gasteiger partial charge in [-0.25, -0.2) is 4.79 Å². The molecule has 0 unspecified atom stereocenters. The molecule has 0 aliphatic heterocycles. The van der Waals surface area contributed by atoms with Crippen LogP contribution in [-0.2, 0) is 4.74 Å². The molecule has 0 amide bonds. The molecular weight excluding hydrogens is 270 g/mol. The van der Waals surface area contributed by atoms with E-state index in [0.717, 1.165) is 5.56 Å². The Kier molecular flexibility index (Phi) is 3.10. The van der Waals surface area contributed by atoms with Crippen LogP contribution in [0.2, 0.25) is 0 Å². The molecule has 0 saturated carbocycles. The van der Waals surface area contributed by atoms with Gasteiger partial charge in [-0.15, -0.1) is 0 Å². The Morgan fingerprint density at radius 3 is 2.90 bits per heavy atom. The van der Waals surface area contributed by atoms with Crippen LogP contribution in [0.3, 0.4) is 0 Å². The summed E-state index contributed by atoms with van der Waals surface area (Å²) >= 11 is 0. The molecule has 2 aromatic heterocycles. The second-order valence-corrected chi connectivity index (χ2v) is 4.66. The molecule has 0 atom stereocenters. The minimum Gasteiger partial charge on any atom is -0.480 e. The first-order valence-electron chi connectivity index (χ1n) is 6.37. The fourth-order valence-corrected chi connectivity index (χ4v) is 2.25. The quantitative estimate of drug-likeness (QED) is 0.730. The van der Waals surface area contributed by atoms with Crippen molar-refractivity contribution in [3.8, 4) is 17.3 Å². The summed E-state index contributed by atoms with van der Waals surface area (Å²) in [7, 11) is 1.34. The Balaban J connectivity index is 2.22. The minimum atomic E-state index is -0.414. The van der Waals surface area contributed by atoms with Gasteiger partial charge in [0.2, 0.25) is 0 Å². The van der Waals surface area contributed by atoms with E-state index < -0.39 is 5.97 Å². The number of carbonyl (C=O) groups excluding carboxylic acids is 1. The summed E-state index contributed by atoms with van der Waals surface area (Å²) in [6.07, 6.45) is 1.62. The minimum absolute atomic E-state index is 0.187. The Morgan fingerprint density at radius 2 is 2.14 bits per heavy atom. The first kappa shape index (κ1) is 13.2. The number of benzene rings is 1. The number of hydrogen-bond acceptors (Lipinski definition) is 5. The molecule has 5 heteroatoms. The maximum Gasteiger partial charge on any atom is 0.338 e. The summed E-state index contributed by atoms with van der Waals surface area (Å²) in [5, 5.41) is 10.4. The van der Waals surface area contributed by atoms with Crippen molar-refractivity contribution in [1.29, 1.82) is 0 Å². The number of furan rings is 1. The first-order chi connectivity index (χ1) is 10.1. The van der Waals surface area contributed by atoms with Crippen LogP contribution >= 0.6 is 0 Å². The number of hydrogen-bond donors (Lipinski definition) is 1. The third-order valence-corrected chi connectivity index (χ3v) is 3.36. The summed E-state index contributed by atoms with van der Waals surface area (Å²) in [4.78, 5) is 16.0. The first-order valence-corrected chi connectivity index (χ1v) is 6.37. The number of aryl methyl sites for hydroxylation is 1. The van der Waals surface area contributed by atoms with Gasteiger partial charge < -0.3 is 14.3 Å². The number of aromatic nitrogens is 1. The molecule has 0 aliphatic rings. The van der Waals surface area contributed by atoms with Crippen molar-refractivity contribution in [3.05, 3.63) is 47.7 Å². The SMILES string of the molecule is COC(=O)c1cc(-c2oc(O)c3cccnc23)ccc1C. The summed E-state index contributed by atoms with van der Waals surface area (Å²) in [5.74, 6) is -0.177. The van der Waals surface area contributed by atoms with Crippen LogP contribution in [0.15, 0.2) is 40.9 Å². The van der Waals surface area contributed by atoms with Gasteiger partial charge >= 0.3 is 5.97 Å². The average molecular weight is 283 g/mol. The molecule has 2 heterocycles. The number of pyridine rings is 1. The van der Waals surface area contributed by atoms with E-state index in [1.54, 1.807) is 30.5 Å². The van der Waals surface area contributed by atoms with Crippen LogP contribution in [0, 0.1) is 6.92 Å². The molecule has 106 valence electrons. The predicted molar refractivity (Wildman–Crippen MR) is 77.2 cm³/mol. The van der Waals surface area contributed by atoms with Crippen LogP contribution < -0.4 is 0 Å². The van der Waals surface area contributed by atoms with Gasteiger partial charge in [-0.3, -0.25) is 4.98 Å². The number of ether oxygens (including phenoxy) is 1. The van der Waals surface area contributed by atoms with E-state index in [0.29, 0.717) is 27.8 Å². The van der Waals surface area contributed by atoms with Gasteiger partial charge in [-0.2, -0.15) is 0 Å². The molecule has 0 fully saturated rings. The number of esters is 1. The van der Waals surface area contributed by atoms with Gasteiger partial charge in [-0.1, -0.05) is 12.1 Å². The third-order valence-electron chi connectivity index (χ3n) is 3.36. The van der Waals surface area contributed by atoms with Gasteiger partial charge in [0, 0.05) is 11.8 Å². The number of methoxy groups -OCH3 is 1. The van der Waals surface area contributed by atoms with Crippen LogP contribution in [0.4, 0.5) is 0 Å².